The van der Waals surface area contributed by atoms with Crippen molar-refractivity contribution in [3.8, 4) is 0 Å². The number of carbonyl (C=O) groups excluding carboxylic acids is 1. The molecule has 1 aromatic heterocycles. The van der Waals surface area contributed by atoms with Gasteiger partial charge < -0.3 is 4.74 Å². The van der Waals surface area contributed by atoms with Gasteiger partial charge in [-0.15, -0.1) is 4.83 Å². The molecule has 2 rings (SSSR count). The van der Waals surface area contributed by atoms with E-state index in [0.29, 0.717) is 10.9 Å². The van der Waals surface area contributed by atoms with E-state index in [9.17, 15) is 18.0 Å². The highest BCUT2D eigenvalue weighted by Crippen LogP contribution is 2.09. The maximum atomic E-state index is 12.1. The molecule has 3 N–H and O–H groups in total. The van der Waals surface area contributed by atoms with Crippen molar-refractivity contribution in [2.24, 2.45) is 7.05 Å². The first-order chi connectivity index (χ1) is 10.3. The van der Waals surface area contributed by atoms with E-state index in [4.69, 9.17) is 0 Å². The van der Waals surface area contributed by atoms with Crippen LogP contribution < -0.4 is 20.5 Å². The summed E-state index contributed by atoms with van der Waals surface area (Å²) in [4.78, 5) is 29.0. The SMILES string of the molecule is COC(=O)NS(=O)(=O)NNc1nc2ccccc2c(=O)n1C. The number of anilines is 1. The van der Waals surface area contributed by atoms with E-state index < -0.39 is 16.3 Å². The van der Waals surface area contributed by atoms with Gasteiger partial charge >= 0.3 is 16.3 Å². The smallest absolute Gasteiger partial charge is 0.421 e. The predicted octanol–water partition coefficient (Wildman–Crippen LogP) is -0.549. The first-order valence-corrected chi connectivity index (χ1v) is 7.41. The average Bonchev–Trinajstić information content (AvgIpc) is 2.49. The zero-order valence-electron chi connectivity index (χ0n) is 11.7. The molecule has 11 heteroatoms. The Hall–Kier alpha value is -2.66. The quantitative estimate of drug-likeness (QED) is 0.642. The Kier molecular flexibility index (Phi) is 4.28. The Morgan fingerprint density at radius 1 is 1.32 bits per heavy atom. The van der Waals surface area contributed by atoms with Gasteiger partial charge in [0.1, 0.15) is 0 Å². The van der Waals surface area contributed by atoms with Crippen LogP contribution in [-0.4, -0.2) is 31.2 Å². The van der Waals surface area contributed by atoms with Crippen LogP contribution in [-0.2, 0) is 22.0 Å². The van der Waals surface area contributed by atoms with Crippen LogP contribution in [0.3, 0.4) is 0 Å². The molecule has 1 heterocycles. The molecule has 0 aliphatic rings. The largest absolute Gasteiger partial charge is 0.452 e. The number of ether oxygens (including phenoxy) is 1. The number of benzene rings is 1. The number of amides is 1. The molecule has 1 aromatic carbocycles. The number of hydrogen-bond acceptors (Lipinski definition) is 7. The molecule has 1 amide bonds. The average molecular weight is 327 g/mol. The Bertz CT molecular complexity index is 876. The van der Waals surface area contributed by atoms with E-state index in [0.717, 1.165) is 11.7 Å². The van der Waals surface area contributed by atoms with Crippen molar-refractivity contribution in [1.29, 1.82) is 0 Å². The van der Waals surface area contributed by atoms with E-state index in [1.165, 1.54) is 7.05 Å². The number of para-hydroxylation sites is 1. The normalized spacial score (nSPS) is 11.2. The fourth-order valence-electron chi connectivity index (χ4n) is 1.62. The molecular formula is C11H13N5O5S. The first kappa shape index (κ1) is 15.7. The second kappa shape index (κ2) is 5.99. The van der Waals surface area contributed by atoms with Crippen LogP contribution in [0.2, 0.25) is 0 Å². The summed E-state index contributed by atoms with van der Waals surface area (Å²) in [6, 6.07) is 6.61. The Labute approximate surface area is 125 Å². The van der Waals surface area contributed by atoms with Crippen molar-refractivity contribution in [3.05, 3.63) is 34.6 Å². The van der Waals surface area contributed by atoms with Gasteiger partial charge in [-0.3, -0.25) is 14.8 Å². The van der Waals surface area contributed by atoms with Crippen molar-refractivity contribution in [3.63, 3.8) is 0 Å². The molecular weight excluding hydrogens is 314 g/mol. The molecule has 0 bridgehead atoms. The van der Waals surface area contributed by atoms with E-state index >= 15 is 0 Å². The molecule has 0 saturated carbocycles. The lowest BCUT2D eigenvalue weighted by Crippen LogP contribution is -2.43. The van der Waals surface area contributed by atoms with E-state index in [2.05, 4.69) is 15.1 Å². The monoisotopic (exact) mass is 327 g/mol. The van der Waals surface area contributed by atoms with Crippen molar-refractivity contribution >= 4 is 33.2 Å². The summed E-state index contributed by atoms with van der Waals surface area (Å²) in [6.07, 6.45) is -1.16. The molecule has 0 radical (unpaired) electrons. The fraction of sp³-hybridized carbons (Fsp3) is 0.182. The minimum Gasteiger partial charge on any atom is -0.452 e. The molecule has 0 fully saturated rings. The summed E-state index contributed by atoms with van der Waals surface area (Å²) in [5, 5.41) is 0.395. The van der Waals surface area contributed by atoms with Crippen molar-refractivity contribution in [2.45, 2.75) is 0 Å². The Balaban J connectivity index is 2.27. The highest BCUT2D eigenvalue weighted by molar-refractivity contribution is 7.88. The third-order valence-corrected chi connectivity index (χ3v) is 3.49. The van der Waals surface area contributed by atoms with E-state index in [-0.39, 0.29) is 11.5 Å². The highest BCUT2D eigenvalue weighted by atomic mass is 32.2. The molecule has 0 aliphatic carbocycles. The molecule has 0 saturated heterocycles. The van der Waals surface area contributed by atoms with Gasteiger partial charge in [-0.2, -0.15) is 8.42 Å². The van der Waals surface area contributed by atoms with Gasteiger partial charge in [-0.1, -0.05) is 12.1 Å². The second-order valence-electron chi connectivity index (χ2n) is 4.14. The molecule has 2 aromatic rings. The third-order valence-electron chi connectivity index (χ3n) is 2.68. The summed E-state index contributed by atoms with van der Waals surface area (Å²) in [7, 11) is -1.77. The number of nitrogens with one attached hydrogen (secondary N) is 3. The second-order valence-corrected chi connectivity index (χ2v) is 5.56. The van der Waals surface area contributed by atoms with Crippen LogP contribution in [0.1, 0.15) is 0 Å². The minimum absolute atomic E-state index is 0.0426. The van der Waals surface area contributed by atoms with Gasteiger partial charge in [-0.25, -0.2) is 14.5 Å². The number of aromatic nitrogens is 2. The maximum Gasteiger partial charge on any atom is 0.421 e. The van der Waals surface area contributed by atoms with Gasteiger partial charge in [0, 0.05) is 7.05 Å². The summed E-state index contributed by atoms with van der Waals surface area (Å²) in [5.74, 6) is -0.0426. The standard InChI is InChI=1S/C11H13N5O5S/c1-16-9(17)7-5-3-4-6-8(7)12-10(16)13-15-22(19,20)14-11(18)21-2/h3-6,15H,1-2H3,(H,12,13)(H,14,18). The van der Waals surface area contributed by atoms with E-state index in [1.807, 2.05) is 4.83 Å². The summed E-state index contributed by atoms with van der Waals surface area (Å²) in [5.41, 5.74) is 2.30. The van der Waals surface area contributed by atoms with Crippen LogP contribution in [0, 0.1) is 0 Å². The molecule has 10 nitrogen and oxygen atoms in total. The van der Waals surface area contributed by atoms with Gasteiger partial charge in [0.2, 0.25) is 5.95 Å². The molecule has 0 aliphatic heterocycles. The lowest BCUT2D eigenvalue weighted by atomic mass is 10.2. The number of carbonyl (C=O) groups is 1. The maximum absolute atomic E-state index is 12.1. The summed E-state index contributed by atoms with van der Waals surface area (Å²) < 4.78 is 29.9. The van der Waals surface area contributed by atoms with Crippen LogP contribution in [0.4, 0.5) is 10.7 Å². The topological polar surface area (TPSA) is 131 Å². The lowest BCUT2D eigenvalue weighted by molar-refractivity contribution is 0.177. The van der Waals surface area contributed by atoms with Gasteiger partial charge in [0.25, 0.3) is 5.56 Å². The van der Waals surface area contributed by atoms with Gasteiger partial charge in [0.15, 0.2) is 0 Å². The zero-order valence-corrected chi connectivity index (χ0v) is 12.5. The Morgan fingerprint density at radius 2 is 2.00 bits per heavy atom. The highest BCUT2D eigenvalue weighted by Gasteiger charge is 2.15. The number of rotatable bonds is 4. The number of fused-ring (bicyclic) bond motifs is 1. The number of methoxy groups -OCH3 is 1. The number of hydrogen-bond donors (Lipinski definition) is 3. The van der Waals surface area contributed by atoms with Gasteiger partial charge in [0.05, 0.1) is 18.0 Å². The van der Waals surface area contributed by atoms with Crippen molar-refractivity contribution in [2.75, 3.05) is 12.5 Å². The van der Waals surface area contributed by atoms with Crippen LogP contribution >= 0.6 is 0 Å². The number of nitrogens with zero attached hydrogens (tertiary/aromatic N) is 2. The van der Waals surface area contributed by atoms with Gasteiger partial charge in [-0.05, 0) is 12.1 Å². The third kappa shape index (κ3) is 3.32. The minimum atomic E-state index is -4.22. The zero-order chi connectivity index (χ0) is 16.3. The number of hydrazine groups is 1. The fourth-order valence-corrected chi connectivity index (χ4v) is 2.20. The predicted molar refractivity (Wildman–Crippen MR) is 78.2 cm³/mol. The molecule has 118 valence electrons. The van der Waals surface area contributed by atoms with Crippen LogP contribution in [0.25, 0.3) is 10.9 Å². The summed E-state index contributed by atoms with van der Waals surface area (Å²) in [6.45, 7) is 0. The lowest BCUT2D eigenvalue weighted by Gasteiger charge is -2.12. The Morgan fingerprint density at radius 3 is 2.68 bits per heavy atom. The van der Waals surface area contributed by atoms with Crippen molar-refractivity contribution < 1.29 is 17.9 Å². The molecule has 0 spiro atoms. The first-order valence-electron chi connectivity index (χ1n) is 5.93. The van der Waals surface area contributed by atoms with Crippen LogP contribution in [0.15, 0.2) is 29.1 Å². The van der Waals surface area contributed by atoms with Crippen molar-refractivity contribution in [1.82, 2.24) is 19.1 Å². The molecule has 0 unspecified atom stereocenters. The molecule has 0 atom stereocenters. The molecule has 22 heavy (non-hydrogen) atoms. The van der Waals surface area contributed by atoms with E-state index in [1.54, 1.807) is 29.0 Å². The van der Waals surface area contributed by atoms with Crippen LogP contribution in [0.5, 0.6) is 0 Å². The summed E-state index contributed by atoms with van der Waals surface area (Å²) >= 11 is 0.